The van der Waals surface area contributed by atoms with Crippen LogP contribution in [-0.2, 0) is 14.2 Å². The Morgan fingerprint density at radius 3 is 2.58 bits per heavy atom. The van der Waals surface area contributed by atoms with Crippen molar-refractivity contribution < 1.29 is 18.9 Å². The fourth-order valence-corrected chi connectivity index (χ4v) is 2.93. The van der Waals surface area contributed by atoms with Gasteiger partial charge in [0, 0.05) is 10.6 Å². The van der Waals surface area contributed by atoms with Crippen molar-refractivity contribution in [1.29, 1.82) is 0 Å². The highest BCUT2D eigenvalue weighted by atomic mass is 35.5. The van der Waals surface area contributed by atoms with Crippen LogP contribution in [-0.4, -0.2) is 31.5 Å². The number of epoxide rings is 1. The van der Waals surface area contributed by atoms with Crippen LogP contribution in [0.2, 0.25) is 0 Å². The van der Waals surface area contributed by atoms with E-state index in [1.807, 2.05) is 30.3 Å². The highest BCUT2D eigenvalue weighted by Crippen LogP contribution is 2.47. The van der Waals surface area contributed by atoms with E-state index < -0.39 is 6.29 Å². The Labute approximate surface area is 115 Å². The van der Waals surface area contributed by atoms with Gasteiger partial charge < -0.3 is 18.9 Å². The molecule has 2 heterocycles. The van der Waals surface area contributed by atoms with Crippen LogP contribution in [0.3, 0.4) is 0 Å². The zero-order chi connectivity index (χ0) is 13.0. The first-order valence-corrected chi connectivity index (χ1v) is 6.61. The second-order valence-electron chi connectivity index (χ2n) is 4.88. The number of halogens is 1. The number of rotatable bonds is 2. The van der Waals surface area contributed by atoms with Crippen LogP contribution in [0.4, 0.5) is 0 Å². The molecule has 0 radical (unpaired) electrons. The first-order valence-electron chi connectivity index (χ1n) is 6.24. The predicted octanol–water partition coefficient (Wildman–Crippen LogP) is 2.38. The molecule has 0 N–H and O–H groups in total. The third-order valence-corrected chi connectivity index (χ3v) is 4.06. The van der Waals surface area contributed by atoms with E-state index in [1.54, 1.807) is 7.11 Å². The Balaban J connectivity index is 1.56. The Morgan fingerprint density at radius 2 is 1.84 bits per heavy atom. The van der Waals surface area contributed by atoms with Gasteiger partial charge in [0.1, 0.15) is 30.2 Å². The molecule has 0 unspecified atom stereocenters. The van der Waals surface area contributed by atoms with Gasteiger partial charge in [-0.3, -0.25) is 0 Å². The minimum Gasteiger partial charge on any atom is -0.497 e. The lowest BCUT2D eigenvalue weighted by atomic mass is 10.0. The molecule has 5 heteroatoms. The number of hydrogen-bond acceptors (Lipinski definition) is 4. The maximum absolute atomic E-state index is 6.20. The Morgan fingerprint density at radius 1 is 1.05 bits per heavy atom. The maximum atomic E-state index is 6.20. The lowest BCUT2D eigenvalue weighted by molar-refractivity contribution is -0.0679. The summed E-state index contributed by atoms with van der Waals surface area (Å²) < 4.78 is 22.5. The van der Waals surface area contributed by atoms with Gasteiger partial charge in [-0.05, 0) is 18.2 Å². The van der Waals surface area contributed by atoms with Crippen molar-refractivity contribution in [2.45, 2.75) is 30.7 Å². The van der Waals surface area contributed by atoms with Gasteiger partial charge in [0.15, 0.2) is 6.29 Å². The SMILES string of the molecule is COc1ccc([C@H]2O[C@@H]3[C@H]4O[C@@H]4C=C(Cl)[C@H]3O2)cc1. The number of fused-ring (bicyclic) bond motifs is 3. The number of hydrogen-bond donors (Lipinski definition) is 0. The van der Waals surface area contributed by atoms with Crippen molar-refractivity contribution >= 4 is 11.6 Å². The molecule has 4 nitrogen and oxygen atoms in total. The van der Waals surface area contributed by atoms with Gasteiger partial charge in [-0.15, -0.1) is 0 Å². The van der Waals surface area contributed by atoms with E-state index >= 15 is 0 Å². The molecule has 100 valence electrons. The molecular formula is C14H13ClO4. The van der Waals surface area contributed by atoms with Gasteiger partial charge >= 0.3 is 0 Å². The monoisotopic (exact) mass is 280 g/mol. The first-order chi connectivity index (χ1) is 9.26. The highest BCUT2D eigenvalue weighted by molar-refractivity contribution is 6.30. The van der Waals surface area contributed by atoms with Crippen LogP contribution < -0.4 is 4.74 Å². The minimum atomic E-state index is -0.397. The van der Waals surface area contributed by atoms with Crippen LogP contribution >= 0.6 is 11.6 Å². The van der Waals surface area contributed by atoms with E-state index in [9.17, 15) is 0 Å². The smallest absolute Gasteiger partial charge is 0.185 e. The molecule has 1 aromatic rings. The van der Waals surface area contributed by atoms with Crippen molar-refractivity contribution in [1.82, 2.24) is 0 Å². The summed E-state index contributed by atoms with van der Waals surface area (Å²) in [4.78, 5) is 0. The standard InChI is InChI=1S/C14H13ClO4/c1-16-8-4-2-7(3-5-8)14-18-11-9(15)6-10-12(17-10)13(11)19-14/h2-6,10-14H,1H3/t10-,11-,12+,13+,14-/m1/s1. The van der Waals surface area contributed by atoms with Crippen molar-refractivity contribution in [3.05, 3.63) is 40.9 Å². The molecule has 3 aliphatic rings. The maximum Gasteiger partial charge on any atom is 0.185 e. The molecular weight excluding hydrogens is 268 g/mol. The molecule has 2 aliphatic heterocycles. The van der Waals surface area contributed by atoms with Crippen LogP contribution in [0, 0.1) is 0 Å². The molecule has 0 bridgehead atoms. The second kappa shape index (κ2) is 4.21. The highest BCUT2D eigenvalue weighted by Gasteiger charge is 2.56. The zero-order valence-corrected chi connectivity index (χ0v) is 11.0. The van der Waals surface area contributed by atoms with Gasteiger partial charge in [0.2, 0.25) is 0 Å². The topological polar surface area (TPSA) is 40.2 Å². The quantitative estimate of drug-likeness (QED) is 0.780. The fraction of sp³-hybridized carbons (Fsp3) is 0.429. The van der Waals surface area contributed by atoms with Crippen LogP contribution in [0.15, 0.2) is 35.4 Å². The summed E-state index contributed by atoms with van der Waals surface area (Å²) >= 11 is 6.20. The molecule has 0 saturated carbocycles. The van der Waals surface area contributed by atoms with E-state index in [0.29, 0.717) is 5.03 Å². The number of methoxy groups -OCH3 is 1. The average molecular weight is 281 g/mol. The fourth-order valence-electron chi connectivity index (χ4n) is 2.63. The Bertz CT molecular complexity index is 527. The van der Waals surface area contributed by atoms with E-state index in [4.69, 9.17) is 30.5 Å². The lowest BCUT2D eigenvalue weighted by Gasteiger charge is -2.16. The van der Waals surface area contributed by atoms with E-state index in [0.717, 1.165) is 11.3 Å². The molecule has 0 amide bonds. The van der Waals surface area contributed by atoms with Gasteiger partial charge in [-0.2, -0.15) is 0 Å². The normalized spacial score (nSPS) is 39.3. The predicted molar refractivity (Wildman–Crippen MR) is 68.1 cm³/mol. The Hall–Kier alpha value is -1.07. The second-order valence-corrected chi connectivity index (χ2v) is 5.32. The third-order valence-electron chi connectivity index (χ3n) is 3.72. The first kappa shape index (κ1) is 11.7. The zero-order valence-electron chi connectivity index (χ0n) is 10.3. The summed E-state index contributed by atoms with van der Waals surface area (Å²) in [7, 11) is 1.64. The average Bonchev–Trinajstić information content (AvgIpc) is 3.06. The number of benzene rings is 1. The van der Waals surface area contributed by atoms with Crippen LogP contribution in [0.25, 0.3) is 0 Å². The number of ether oxygens (including phenoxy) is 4. The molecule has 5 atom stereocenters. The summed E-state index contributed by atoms with van der Waals surface area (Å²) in [6, 6.07) is 7.64. The van der Waals surface area contributed by atoms with Crippen molar-refractivity contribution in [2.24, 2.45) is 0 Å². The van der Waals surface area contributed by atoms with E-state index in [2.05, 4.69) is 0 Å². The van der Waals surface area contributed by atoms with Gasteiger partial charge in [0.25, 0.3) is 0 Å². The summed E-state index contributed by atoms with van der Waals surface area (Å²) in [5.74, 6) is 0.808. The van der Waals surface area contributed by atoms with Gasteiger partial charge in [-0.1, -0.05) is 23.7 Å². The summed E-state index contributed by atoms with van der Waals surface area (Å²) in [5, 5.41) is 0.680. The van der Waals surface area contributed by atoms with Crippen molar-refractivity contribution in [3.63, 3.8) is 0 Å². The summed E-state index contributed by atoms with van der Waals surface area (Å²) in [6.45, 7) is 0. The van der Waals surface area contributed by atoms with E-state index in [-0.39, 0.29) is 24.4 Å². The molecule has 0 aromatic heterocycles. The molecule has 1 aromatic carbocycles. The molecule has 1 aliphatic carbocycles. The van der Waals surface area contributed by atoms with Gasteiger partial charge in [0.05, 0.1) is 7.11 Å². The lowest BCUT2D eigenvalue weighted by Crippen LogP contribution is -2.32. The summed E-state index contributed by atoms with van der Waals surface area (Å²) in [5.41, 5.74) is 0.955. The van der Waals surface area contributed by atoms with Crippen molar-refractivity contribution in [2.75, 3.05) is 7.11 Å². The minimum absolute atomic E-state index is 0.0933. The molecule has 0 spiro atoms. The molecule has 2 fully saturated rings. The van der Waals surface area contributed by atoms with Crippen LogP contribution in [0.1, 0.15) is 11.9 Å². The van der Waals surface area contributed by atoms with Crippen molar-refractivity contribution in [3.8, 4) is 5.75 Å². The van der Waals surface area contributed by atoms with Crippen LogP contribution in [0.5, 0.6) is 5.75 Å². The largest absolute Gasteiger partial charge is 0.497 e. The molecule has 2 saturated heterocycles. The molecule has 4 rings (SSSR count). The van der Waals surface area contributed by atoms with Gasteiger partial charge in [-0.25, -0.2) is 0 Å². The molecule has 19 heavy (non-hydrogen) atoms. The summed E-state index contributed by atoms with van der Waals surface area (Å²) in [6.07, 6.45) is 1.40. The Kier molecular flexibility index (Phi) is 2.60. The third kappa shape index (κ3) is 1.87. The van der Waals surface area contributed by atoms with E-state index in [1.165, 1.54) is 0 Å².